The molecule has 8 heteroatoms. The zero-order valence-corrected chi connectivity index (χ0v) is 12.2. The van der Waals surface area contributed by atoms with E-state index in [1.54, 1.807) is 18.2 Å². The lowest BCUT2D eigenvalue weighted by atomic mass is 9.84. The van der Waals surface area contributed by atoms with E-state index in [1.165, 1.54) is 26.0 Å². The topological polar surface area (TPSA) is 139 Å². The van der Waals surface area contributed by atoms with Crippen molar-refractivity contribution in [1.29, 1.82) is 0 Å². The molecule has 6 N–H and O–H groups in total. The Hall–Kier alpha value is -2.00. The van der Waals surface area contributed by atoms with Crippen LogP contribution in [0.15, 0.2) is 30.3 Å². The molecule has 0 amide bonds. The van der Waals surface area contributed by atoms with Crippen LogP contribution in [0, 0.1) is 5.92 Å². The maximum absolute atomic E-state index is 11.5. The normalized spacial score (nSPS) is 16.8. The highest BCUT2D eigenvalue weighted by Gasteiger charge is 2.50. The minimum Gasteiger partial charge on any atom is -0.480 e. The molecular weight excluding hydrogens is 292 g/mol. The SMILES string of the molecule is CC(O)NC(NC(C)O)(c1ccccc1)C(C(=O)O)C(=O)O. The molecule has 2 unspecified atom stereocenters. The van der Waals surface area contributed by atoms with Crippen LogP contribution in [0.2, 0.25) is 0 Å². The Kier molecular flexibility index (Phi) is 6.01. The van der Waals surface area contributed by atoms with Gasteiger partial charge in [-0.15, -0.1) is 0 Å². The minimum absolute atomic E-state index is 0.256. The van der Waals surface area contributed by atoms with Crippen molar-refractivity contribution in [1.82, 2.24) is 10.6 Å². The van der Waals surface area contributed by atoms with E-state index in [-0.39, 0.29) is 5.56 Å². The Balaban J connectivity index is 3.56. The highest BCUT2D eigenvalue weighted by Crippen LogP contribution is 2.29. The summed E-state index contributed by atoms with van der Waals surface area (Å²) >= 11 is 0. The van der Waals surface area contributed by atoms with Gasteiger partial charge in [0.1, 0.15) is 18.1 Å². The molecular formula is C14H20N2O6. The quantitative estimate of drug-likeness (QED) is 0.278. The average Bonchev–Trinajstić information content (AvgIpc) is 2.36. The molecule has 8 nitrogen and oxygen atoms in total. The van der Waals surface area contributed by atoms with Gasteiger partial charge in [-0.2, -0.15) is 0 Å². The summed E-state index contributed by atoms with van der Waals surface area (Å²) in [4.78, 5) is 23.0. The number of carbonyl (C=O) groups is 2. The Labute approximate surface area is 127 Å². The Morgan fingerprint density at radius 2 is 1.36 bits per heavy atom. The zero-order valence-electron chi connectivity index (χ0n) is 12.2. The second kappa shape index (κ2) is 7.32. The number of carboxylic acids is 2. The Morgan fingerprint density at radius 1 is 0.955 bits per heavy atom. The Morgan fingerprint density at radius 3 is 1.68 bits per heavy atom. The van der Waals surface area contributed by atoms with Crippen molar-refractivity contribution >= 4 is 11.9 Å². The van der Waals surface area contributed by atoms with E-state index < -0.39 is 36.0 Å². The van der Waals surface area contributed by atoms with E-state index in [4.69, 9.17) is 0 Å². The fourth-order valence-corrected chi connectivity index (χ4v) is 2.38. The van der Waals surface area contributed by atoms with Gasteiger partial charge in [0.25, 0.3) is 0 Å². The van der Waals surface area contributed by atoms with Crippen LogP contribution in [0.25, 0.3) is 0 Å². The van der Waals surface area contributed by atoms with Crippen LogP contribution in [0.4, 0.5) is 0 Å². The molecule has 0 heterocycles. The summed E-state index contributed by atoms with van der Waals surface area (Å²) in [5, 5.41) is 43.0. The van der Waals surface area contributed by atoms with Gasteiger partial charge in [-0.05, 0) is 19.4 Å². The average molecular weight is 312 g/mol. The fourth-order valence-electron chi connectivity index (χ4n) is 2.38. The van der Waals surface area contributed by atoms with Gasteiger partial charge in [-0.25, -0.2) is 0 Å². The summed E-state index contributed by atoms with van der Waals surface area (Å²) in [6.45, 7) is 2.64. The van der Waals surface area contributed by atoms with Gasteiger partial charge in [0.2, 0.25) is 0 Å². The number of aliphatic hydroxyl groups excluding tert-OH is 2. The first-order valence-corrected chi connectivity index (χ1v) is 6.63. The smallest absolute Gasteiger partial charge is 0.321 e. The van der Waals surface area contributed by atoms with E-state index in [9.17, 15) is 30.0 Å². The maximum atomic E-state index is 11.5. The molecule has 0 radical (unpaired) electrons. The van der Waals surface area contributed by atoms with Gasteiger partial charge >= 0.3 is 11.9 Å². The molecule has 22 heavy (non-hydrogen) atoms. The summed E-state index contributed by atoms with van der Waals surface area (Å²) in [5.41, 5.74) is -1.65. The molecule has 1 aromatic carbocycles. The molecule has 0 fully saturated rings. The largest absolute Gasteiger partial charge is 0.480 e. The summed E-state index contributed by atoms with van der Waals surface area (Å²) in [6, 6.07) is 7.87. The van der Waals surface area contributed by atoms with Crippen LogP contribution in [-0.2, 0) is 15.3 Å². The number of hydrogen-bond acceptors (Lipinski definition) is 6. The molecule has 0 aliphatic heterocycles. The summed E-state index contributed by atoms with van der Waals surface area (Å²) in [6.07, 6.45) is -2.46. The molecule has 122 valence electrons. The van der Waals surface area contributed by atoms with Gasteiger partial charge in [0.05, 0.1) is 0 Å². The van der Waals surface area contributed by atoms with Gasteiger partial charge < -0.3 is 20.4 Å². The van der Waals surface area contributed by atoms with Crippen molar-refractivity contribution in [3.8, 4) is 0 Å². The molecule has 0 bridgehead atoms. The van der Waals surface area contributed by atoms with Crippen molar-refractivity contribution in [2.45, 2.75) is 32.0 Å². The van der Waals surface area contributed by atoms with Crippen LogP contribution in [-0.4, -0.2) is 44.8 Å². The summed E-state index contributed by atoms with van der Waals surface area (Å²) in [7, 11) is 0. The van der Waals surface area contributed by atoms with E-state index in [1.807, 2.05) is 0 Å². The van der Waals surface area contributed by atoms with Crippen molar-refractivity contribution in [3.63, 3.8) is 0 Å². The Bertz CT molecular complexity index is 493. The van der Waals surface area contributed by atoms with E-state index >= 15 is 0 Å². The van der Waals surface area contributed by atoms with Crippen LogP contribution < -0.4 is 10.6 Å². The number of rotatable bonds is 8. The lowest BCUT2D eigenvalue weighted by molar-refractivity contribution is -0.162. The summed E-state index contributed by atoms with van der Waals surface area (Å²) in [5.74, 6) is -5.21. The van der Waals surface area contributed by atoms with Crippen LogP contribution in [0.5, 0.6) is 0 Å². The van der Waals surface area contributed by atoms with Crippen molar-refractivity contribution in [2.24, 2.45) is 5.92 Å². The van der Waals surface area contributed by atoms with E-state index in [0.29, 0.717) is 0 Å². The summed E-state index contributed by atoms with van der Waals surface area (Å²) < 4.78 is 0. The van der Waals surface area contributed by atoms with E-state index in [2.05, 4.69) is 10.6 Å². The number of benzene rings is 1. The molecule has 0 spiro atoms. The number of aliphatic hydroxyl groups is 2. The molecule has 0 saturated carbocycles. The van der Waals surface area contributed by atoms with Crippen LogP contribution in [0.1, 0.15) is 19.4 Å². The van der Waals surface area contributed by atoms with Crippen molar-refractivity contribution < 1.29 is 30.0 Å². The second-order valence-electron chi connectivity index (χ2n) is 4.92. The molecule has 0 aromatic heterocycles. The third-order valence-electron chi connectivity index (χ3n) is 3.03. The van der Waals surface area contributed by atoms with Gasteiger partial charge in [-0.1, -0.05) is 30.3 Å². The first-order valence-electron chi connectivity index (χ1n) is 6.63. The molecule has 0 saturated heterocycles. The number of aliphatic carboxylic acids is 2. The molecule has 0 aliphatic rings. The predicted octanol–water partition coefficient (Wildman–Crippen LogP) is -0.519. The monoisotopic (exact) mass is 312 g/mol. The highest BCUT2D eigenvalue weighted by molar-refractivity contribution is 5.94. The molecule has 2 atom stereocenters. The van der Waals surface area contributed by atoms with Crippen LogP contribution >= 0.6 is 0 Å². The fraction of sp³-hybridized carbons (Fsp3) is 0.429. The first-order chi connectivity index (χ1) is 10.2. The second-order valence-corrected chi connectivity index (χ2v) is 4.92. The third-order valence-corrected chi connectivity index (χ3v) is 3.03. The maximum Gasteiger partial charge on any atom is 0.321 e. The first kappa shape index (κ1) is 18.1. The van der Waals surface area contributed by atoms with Gasteiger partial charge in [0.15, 0.2) is 5.92 Å². The number of carboxylic acid groups (broad SMARTS) is 2. The molecule has 1 rings (SSSR count). The lowest BCUT2D eigenvalue weighted by Crippen LogP contribution is -2.66. The zero-order chi connectivity index (χ0) is 16.9. The predicted molar refractivity (Wildman–Crippen MR) is 76.5 cm³/mol. The third kappa shape index (κ3) is 4.01. The highest BCUT2D eigenvalue weighted by atomic mass is 16.4. The van der Waals surface area contributed by atoms with E-state index in [0.717, 1.165) is 0 Å². The lowest BCUT2D eigenvalue weighted by Gasteiger charge is -2.41. The van der Waals surface area contributed by atoms with Crippen molar-refractivity contribution in [3.05, 3.63) is 35.9 Å². The van der Waals surface area contributed by atoms with Crippen LogP contribution in [0.3, 0.4) is 0 Å². The van der Waals surface area contributed by atoms with Gasteiger partial charge in [0, 0.05) is 0 Å². The van der Waals surface area contributed by atoms with Gasteiger partial charge in [-0.3, -0.25) is 20.2 Å². The van der Waals surface area contributed by atoms with Crippen molar-refractivity contribution in [2.75, 3.05) is 0 Å². The minimum atomic E-state index is -1.99. The molecule has 1 aromatic rings. The standard InChI is InChI=1S/C14H20N2O6/c1-8(17)15-14(16-9(2)18,10-6-4-3-5-7-10)11(12(19)20)13(21)22/h3-9,11,15-18H,1-2H3,(H,19,20)(H,21,22). The number of hydrogen-bond donors (Lipinski definition) is 6. The number of nitrogens with one attached hydrogen (secondary N) is 2. The molecule has 0 aliphatic carbocycles.